The van der Waals surface area contributed by atoms with Crippen molar-refractivity contribution in [2.45, 2.75) is 43.9 Å². The summed E-state index contributed by atoms with van der Waals surface area (Å²) in [6.07, 6.45) is 6.22. The standard InChI is InChI=1S/C22H26N6O2/c1-15-12-28(18-3-2-16(11-23)20-21(18)25-7-6-24-20)14-17(30-15)13-27-8-4-22(5-9-27)10-19(29)26-22/h2-3,6-7,15,17H,4-5,8-10,12-14H2,1H3,(H,26,29). The summed E-state index contributed by atoms with van der Waals surface area (Å²) in [5.74, 6) is 0.182. The average Bonchev–Trinajstić information content (AvgIpc) is 2.73. The van der Waals surface area contributed by atoms with Gasteiger partial charge in [-0.15, -0.1) is 0 Å². The fraction of sp³-hybridized carbons (Fsp3) is 0.545. The Hall–Kier alpha value is -2.76. The fourth-order valence-electron chi connectivity index (χ4n) is 5.07. The van der Waals surface area contributed by atoms with Crippen LogP contribution in [-0.2, 0) is 9.53 Å². The van der Waals surface area contributed by atoms with Gasteiger partial charge in [0.15, 0.2) is 0 Å². The molecule has 0 radical (unpaired) electrons. The summed E-state index contributed by atoms with van der Waals surface area (Å²) in [5.41, 5.74) is 3.03. The molecule has 1 aromatic heterocycles. The van der Waals surface area contributed by atoms with Crippen molar-refractivity contribution in [1.29, 1.82) is 5.26 Å². The van der Waals surface area contributed by atoms with Crippen LogP contribution in [0, 0.1) is 11.3 Å². The number of amides is 1. The maximum absolute atomic E-state index is 11.3. The summed E-state index contributed by atoms with van der Waals surface area (Å²) in [4.78, 5) is 25.0. The molecule has 1 amide bonds. The van der Waals surface area contributed by atoms with Crippen molar-refractivity contribution >= 4 is 22.6 Å². The predicted molar refractivity (Wildman–Crippen MR) is 112 cm³/mol. The van der Waals surface area contributed by atoms with E-state index < -0.39 is 0 Å². The van der Waals surface area contributed by atoms with Crippen molar-refractivity contribution < 1.29 is 9.53 Å². The zero-order chi connectivity index (χ0) is 20.7. The average molecular weight is 406 g/mol. The van der Waals surface area contributed by atoms with Gasteiger partial charge in [0.2, 0.25) is 5.91 Å². The molecule has 1 aromatic carbocycles. The summed E-state index contributed by atoms with van der Waals surface area (Å²) >= 11 is 0. The van der Waals surface area contributed by atoms with E-state index in [1.165, 1.54) is 0 Å². The first-order chi connectivity index (χ1) is 14.5. The minimum atomic E-state index is 0.0560. The number of likely N-dealkylation sites (tertiary alicyclic amines) is 1. The van der Waals surface area contributed by atoms with Gasteiger partial charge in [0.1, 0.15) is 17.1 Å². The van der Waals surface area contributed by atoms with Gasteiger partial charge in [-0.2, -0.15) is 5.26 Å². The molecule has 3 saturated heterocycles. The Morgan fingerprint density at radius 3 is 2.67 bits per heavy atom. The molecule has 3 aliphatic rings. The van der Waals surface area contributed by atoms with E-state index in [9.17, 15) is 10.1 Å². The third kappa shape index (κ3) is 3.48. The van der Waals surface area contributed by atoms with Gasteiger partial charge < -0.3 is 19.9 Å². The number of nitrogens with one attached hydrogen (secondary N) is 1. The summed E-state index contributed by atoms with van der Waals surface area (Å²) in [6, 6.07) is 6.02. The first-order valence-corrected chi connectivity index (χ1v) is 10.6. The molecule has 8 nitrogen and oxygen atoms in total. The number of nitriles is 1. The predicted octanol–water partition coefficient (Wildman–Crippen LogP) is 1.45. The highest BCUT2D eigenvalue weighted by atomic mass is 16.5. The second kappa shape index (κ2) is 7.49. The van der Waals surface area contributed by atoms with E-state index >= 15 is 0 Å². The van der Waals surface area contributed by atoms with Crippen LogP contribution in [0.4, 0.5) is 5.69 Å². The number of fused-ring (bicyclic) bond motifs is 1. The van der Waals surface area contributed by atoms with Crippen molar-refractivity contribution in [1.82, 2.24) is 20.2 Å². The van der Waals surface area contributed by atoms with Gasteiger partial charge in [0.05, 0.1) is 29.0 Å². The molecule has 4 heterocycles. The van der Waals surface area contributed by atoms with E-state index in [4.69, 9.17) is 4.74 Å². The topological polar surface area (TPSA) is 94.4 Å². The number of nitrogens with zero attached hydrogens (tertiary/aromatic N) is 5. The molecule has 2 atom stereocenters. The van der Waals surface area contributed by atoms with Crippen LogP contribution in [0.25, 0.3) is 11.0 Å². The monoisotopic (exact) mass is 406 g/mol. The molecular weight excluding hydrogens is 380 g/mol. The van der Waals surface area contributed by atoms with Gasteiger partial charge in [-0.1, -0.05) is 0 Å². The van der Waals surface area contributed by atoms with Gasteiger partial charge in [0, 0.05) is 51.5 Å². The Balaban J connectivity index is 1.30. The van der Waals surface area contributed by atoms with Crippen molar-refractivity contribution in [2.24, 2.45) is 0 Å². The van der Waals surface area contributed by atoms with Crippen LogP contribution in [0.2, 0.25) is 0 Å². The van der Waals surface area contributed by atoms with E-state index in [0.29, 0.717) is 17.5 Å². The third-order valence-electron chi connectivity index (χ3n) is 6.57. The van der Waals surface area contributed by atoms with Crippen LogP contribution in [0.3, 0.4) is 0 Å². The number of hydrogen-bond donors (Lipinski definition) is 1. The molecular formula is C22H26N6O2. The summed E-state index contributed by atoms with van der Waals surface area (Å²) in [5, 5.41) is 12.5. The molecule has 0 saturated carbocycles. The number of carbonyl (C=O) groups excluding carboxylic acids is 1. The second-order valence-electron chi connectivity index (χ2n) is 8.78. The highest BCUT2D eigenvalue weighted by Gasteiger charge is 2.45. The van der Waals surface area contributed by atoms with Crippen LogP contribution in [0.5, 0.6) is 0 Å². The second-order valence-corrected chi connectivity index (χ2v) is 8.78. The lowest BCUT2D eigenvalue weighted by Crippen LogP contribution is -2.65. The third-order valence-corrected chi connectivity index (χ3v) is 6.57. The quantitative estimate of drug-likeness (QED) is 0.771. The zero-order valence-electron chi connectivity index (χ0n) is 17.2. The van der Waals surface area contributed by atoms with E-state index in [1.54, 1.807) is 12.4 Å². The Morgan fingerprint density at radius 2 is 1.97 bits per heavy atom. The lowest BCUT2D eigenvalue weighted by atomic mass is 9.78. The first-order valence-electron chi connectivity index (χ1n) is 10.6. The van der Waals surface area contributed by atoms with Crippen molar-refractivity contribution in [3.63, 3.8) is 0 Å². The number of β-lactam (4-membered cyclic amide) rings is 1. The number of carbonyl (C=O) groups is 1. The van der Waals surface area contributed by atoms with Gasteiger partial charge in [0.25, 0.3) is 0 Å². The van der Waals surface area contributed by atoms with Crippen LogP contribution < -0.4 is 10.2 Å². The SMILES string of the molecule is CC1CN(c2ccc(C#N)c3nccnc23)CC(CN2CCC3(CC2)CC(=O)N3)O1. The Bertz CT molecular complexity index is 1000. The van der Waals surface area contributed by atoms with Crippen LogP contribution in [-0.4, -0.2) is 71.2 Å². The molecule has 2 aromatic rings. The lowest BCUT2D eigenvalue weighted by Gasteiger charge is -2.49. The molecule has 30 heavy (non-hydrogen) atoms. The minimum absolute atomic E-state index is 0.0560. The molecule has 1 spiro atoms. The molecule has 5 rings (SSSR count). The number of anilines is 1. The maximum Gasteiger partial charge on any atom is 0.222 e. The van der Waals surface area contributed by atoms with Crippen LogP contribution in [0.1, 0.15) is 31.7 Å². The Labute approximate surface area is 175 Å². The highest BCUT2D eigenvalue weighted by molar-refractivity contribution is 5.92. The first kappa shape index (κ1) is 19.2. The summed E-state index contributed by atoms with van der Waals surface area (Å²) in [6.45, 7) is 6.51. The molecule has 1 N–H and O–H groups in total. The zero-order valence-corrected chi connectivity index (χ0v) is 17.2. The number of hydrogen-bond acceptors (Lipinski definition) is 7. The van der Waals surface area contributed by atoms with Crippen LogP contribution in [0.15, 0.2) is 24.5 Å². The number of benzene rings is 1. The number of aromatic nitrogens is 2. The van der Waals surface area contributed by atoms with E-state index in [1.807, 2.05) is 12.1 Å². The van der Waals surface area contributed by atoms with Gasteiger partial charge in [-0.3, -0.25) is 14.8 Å². The maximum atomic E-state index is 11.3. The molecule has 0 aliphatic carbocycles. The number of morpholine rings is 1. The molecule has 3 aliphatic heterocycles. The Kier molecular flexibility index (Phi) is 4.80. The molecule has 2 unspecified atom stereocenters. The molecule has 156 valence electrons. The number of rotatable bonds is 3. The van der Waals surface area contributed by atoms with E-state index in [-0.39, 0.29) is 23.7 Å². The smallest absolute Gasteiger partial charge is 0.222 e. The van der Waals surface area contributed by atoms with E-state index in [0.717, 1.165) is 56.8 Å². The highest BCUT2D eigenvalue weighted by Crippen LogP contribution is 2.33. The van der Waals surface area contributed by atoms with Gasteiger partial charge in [-0.05, 0) is 31.9 Å². The largest absolute Gasteiger partial charge is 0.370 e. The Morgan fingerprint density at radius 1 is 1.23 bits per heavy atom. The normalized spacial score (nSPS) is 26.3. The lowest BCUT2D eigenvalue weighted by molar-refractivity contribution is -0.135. The fourth-order valence-corrected chi connectivity index (χ4v) is 5.07. The molecule has 3 fully saturated rings. The minimum Gasteiger partial charge on any atom is -0.370 e. The van der Waals surface area contributed by atoms with Crippen molar-refractivity contribution in [3.8, 4) is 6.07 Å². The van der Waals surface area contributed by atoms with Crippen molar-refractivity contribution in [2.75, 3.05) is 37.6 Å². The van der Waals surface area contributed by atoms with E-state index in [2.05, 4.69) is 38.1 Å². The summed E-state index contributed by atoms with van der Waals surface area (Å²) < 4.78 is 6.27. The number of ether oxygens (including phenoxy) is 1. The van der Waals surface area contributed by atoms with Gasteiger partial charge in [-0.25, -0.2) is 0 Å². The van der Waals surface area contributed by atoms with Crippen LogP contribution >= 0.6 is 0 Å². The summed E-state index contributed by atoms with van der Waals surface area (Å²) in [7, 11) is 0. The van der Waals surface area contributed by atoms with Crippen molar-refractivity contribution in [3.05, 3.63) is 30.1 Å². The molecule has 8 heteroatoms. The molecule has 0 bridgehead atoms. The number of piperidine rings is 1. The van der Waals surface area contributed by atoms with Gasteiger partial charge >= 0.3 is 0 Å².